The summed E-state index contributed by atoms with van der Waals surface area (Å²) in [5, 5.41) is 16.7. The number of rotatable bonds is 5. The quantitative estimate of drug-likeness (QED) is 0.647. The third-order valence-corrected chi connectivity index (χ3v) is 3.30. The maximum atomic E-state index is 11.8. The highest BCUT2D eigenvalue weighted by Gasteiger charge is 2.23. The van der Waals surface area contributed by atoms with E-state index < -0.39 is 11.0 Å². The first kappa shape index (κ1) is 16.2. The highest BCUT2D eigenvalue weighted by molar-refractivity contribution is 6.33. The molecular weight excluding hydrogens is 282 g/mol. The smallest absolute Gasteiger partial charge is 0.273 e. The number of carbonyl (C=O) groups excluding carboxylic acids is 1. The van der Waals surface area contributed by atoms with Crippen LogP contribution < -0.4 is 10.6 Å². The van der Waals surface area contributed by atoms with Crippen molar-refractivity contribution in [1.82, 2.24) is 5.32 Å². The zero-order chi connectivity index (χ0) is 15.4. The van der Waals surface area contributed by atoms with Crippen LogP contribution in [0.25, 0.3) is 0 Å². The number of benzene rings is 1. The van der Waals surface area contributed by atoms with Gasteiger partial charge in [-0.05, 0) is 18.9 Å². The van der Waals surface area contributed by atoms with Crippen molar-refractivity contribution in [3.8, 4) is 0 Å². The molecule has 0 heterocycles. The summed E-state index contributed by atoms with van der Waals surface area (Å²) in [6, 6.07) is 2.41. The van der Waals surface area contributed by atoms with E-state index in [1.165, 1.54) is 6.07 Å². The first-order valence-electron chi connectivity index (χ1n) is 6.20. The van der Waals surface area contributed by atoms with Gasteiger partial charge in [0, 0.05) is 18.7 Å². The number of halogens is 1. The van der Waals surface area contributed by atoms with Crippen LogP contribution in [0.2, 0.25) is 5.02 Å². The average molecular weight is 300 g/mol. The van der Waals surface area contributed by atoms with Crippen LogP contribution in [-0.2, 0) is 4.79 Å². The molecule has 0 radical (unpaired) electrons. The van der Waals surface area contributed by atoms with E-state index in [1.807, 2.05) is 13.8 Å². The Balaban J connectivity index is 3.11. The summed E-state index contributed by atoms with van der Waals surface area (Å²) in [6.07, 6.45) is 0. The number of hydrogen-bond acceptors (Lipinski definition) is 4. The third kappa shape index (κ3) is 3.60. The van der Waals surface area contributed by atoms with Crippen molar-refractivity contribution >= 4 is 28.9 Å². The fraction of sp³-hybridized carbons (Fsp3) is 0.462. The largest absolute Gasteiger partial charge is 0.372 e. The van der Waals surface area contributed by atoms with Crippen LogP contribution in [0.3, 0.4) is 0 Å². The minimum atomic E-state index is -0.482. The SMILES string of the molecule is CNC(=O)C(Nc1cc(C)c([N+](=O)[O-])cc1Cl)C(C)C. The van der Waals surface area contributed by atoms with Gasteiger partial charge in [0.2, 0.25) is 5.91 Å². The predicted molar refractivity (Wildman–Crippen MR) is 79.2 cm³/mol. The molecule has 0 saturated heterocycles. The van der Waals surface area contributed by atoms with Gasteiger partial charge >= 0.3 is 0 Å². The summed E-state index contributed by atoms with van der Waals surface area (Å²) >= 11 is 6.04. The molecule has 0 fully saturated rings. The number of hydrogen-bond donors (Lipinski definition) is 2. The molecule has 1 aromatic rings. The average Bonchev–Trinajstić information content (AvgIpc) is 2.37. The van der Waals surface area contributed by atoms with Crippen LogP contribution in [-0.4, -0.2) is 23.9 Å². The standard InChI is InChI=1S/C13H18ClN3O3/c1-7(2)12(13(18)15-4)16-10-5-8(3)11(17(19)20)6-9(10)14/h5-7,12,16H,1-4H3,(H,15,18). The number of anilines is 1. The Morgan fingerprint density at radius 3 is 2.45 bits per heavy atom. The van der Waals surface area contributed by atoms with E-state index in [2.05, 4.69) is 10.6 Å². The number of carbonyl (C=O) groups is 1. The van der Waals surface area contributed by atoms with Gasteiger partial charge in [-0.25, -0.2) is 0 Å². The van der Waals surface area contributed by atoms with Gasteiger partial charge in [-0.15, -0.1) is 0 Å². The summed E-state index contributed by atoms with van der Waals surface area (Å²) in [5.74, 6) is -0.117. The lowest BCUT2D eigenvalue weighted by Crippen LogP contribution is -2.41. The Labute approximate surface area is 122 Å². The number of nitro benzene ring substituents is 1. The Kier molecular flexibility index (Phi) is 5.33. The molecule has 0 aliphatic heterocycles. The van der Waals surface area contributed by atoms with E-state index in [4.69, 9.17) is 11.6 Å². The van der Waals surface area contributed by atoms with Gasteiger partial charge in [0.15, 0.2) is 0 Å². The molecule has 1 amide bonds. The van der Waals surface area contributed by atoms with E-state index >= 15 is 0 Å². The van der Waals surface area contributed by atoms with Crippen molar-refractivity contribution in [3.63, 3.8) is 0 Å². The molecule has 0 aliphatic carbocycles. The lowest BCUT2D eigenvalue weighted by atomic mass is 10.0. The van der Waals surface area contributed by atoms with Gasteiger partial charge < -0.3 is 10.6 Å². The van der Waals surface area contributed by atoms with Gasteiger partial charge in [0.05, 0.1) is 15.6 Å². The Morgan fingerprint density at radius 2 is 2.00 bits per heavy atom. The zero-order valence-electron chi connectivity index (χ0n) is 11.9. The second-order valence-corrected chi connectivity index (χ2v) is 5.26. The summed E-state index contributed by atoms with van der Waals surface area (Å²) < 4.78 is 0. The lowest BCUT2D eigenvalue weighted by Gasteiger charge is -2.22. The molecule has 20 heavy (non-hydrogen) atoms. The molecule has 0 aliphatic rings. The molecule has 0 spiro atoms. The Bertz CT molecular complexity index is 532. The molecule has 7 heteroatoms. The lowest BCUT2D eigenvalue weighted by molar-refractivity contribution is -0.385. The Hall–Kier alpha value is -1.82. The number of likely N-dealkylation sites (N-methyl/N-ethyl adjacent to an activating group) is 1. The van der Waals surface area contributed by atoms with Gasteiger partial charge in [-0.2, -0.15) is 0 Å². The maximum absolute atomic E-state index is 11.8. The van der Waals surface area contributed by atoms with Crippen molar-refractivity contribution in [1.29, 1.82) is 0 Å². The van der Waals surface area contributed by atoms with Crippen LogP contribution >= 0.6 is 11.6 Å². The maximum Gasteiger partial charge on any atom is 0.273 e. The van der Waals surface area contributed by atoms with Crippen LogP contribution in [0.5, 0.6) is 0 Å². The van der Waals surface area contributed by atoms with Crippen LogP contribution in [0, 0.1) is 23.0 Å². The number of nitrogens with zero attached hydrogens (tertiary/aromatic N) is 1. The van der Waals surface area contributed by atoms with Crippen molar-refractivity contribution < 1.29 is 9.72 Å². The first-order valence-corrected chi connectivity index (χ1v) is 6.58. The molecule has 110 valence electrons. The van der Waals surface area contributed by atoms with E-state index in [0.717, 1.165) is 0 Å². The fourth-order valence-electron chi connectivity index (χ4n) is 1.84. The minimum Gasteiger partial charge on any atom is -0.372 e. The van der Waals surface area contributed by atoms with Crippen molar-refractivity contribution in [3.05, 3.63) is 32.8 Å². The van der Waals surface area contributed by atoms with Gasteiger partial charge in [0.25, 0.3) is 5.69 Å². The van der Waals surface area contributed by atoms with Crippen LogP contribution in [0.4, 0.5) is 11.4 Å². The number of nitro groups is 1. The van der Waals surface area contributed by atoms with Crippen LogP contribution in [0.15, 0.2) is 12.1 Å². The summed E-state index contributed by atoms with van der Waals surface area (Å²) in [6.45, 7) is 5.43. The summed E-state index contributed by atoms with van der Waals surface area (Å²) in [7, 11) is 1.56. The molecule has 6 nitrogen and oxygen atoms in total. The molecular formula is C13H18ClN3O3. The van der Waals surface area contributed by atoms with E-state index in [9.17, 15) is 14.9 Å². The highest BCUT2D eigenvalue weighted by Crippen LogP contribution is 2.31. The van der Waals surface area contributed by atoms with Crippen molar-refractivity contribution in [2.75, 3.05) is 12.4 Å². The number of nitrogens with one attached hydrogen (secondary N) is 2. The molecule has 0 bridgehead atoms. The first-order chi connectivity index (χ1) is 9.27. The van der Waals surface area contributed by atoms with Crippen molar-refractivity contribution in [2.45, 2.75) is 26.8 Å². The monoisotopic (exact) mass is 299 g/mol. The van der Waals surface area contributed by atoms with Gasteiger partial charge in [-0.1, -0.05) is 25.4 Å². The predicted octanol–water partition coefficient (Wildman–Crippen LogP) is 2.74. The molecule has 1 atom stereocenters. The highest BCUT2D eigenvalue weighted by atomic mass is 35.5. The summed E-state index contributed by atoms with van der Waals surface area (Å²) in [4.78, 5) is 22.2. The van der Waals surface area contributed by atoms with E-state index in [0.29, 0.717) is 11.3 Å². The molecule has 1 aromatic carbocycles. The molecule has 0 aromatic heterocycles. The number of amides is 1. The van der Waals surface area contributed by atoms with E-state index in [1.54, 1.807) is 20.0 Å². The molecule has 0 saturated carbocycles. The Morgan fingerprint density at radius 1 is 1.40 bits per heavy atom. The second kappa shape index (κ2) is 6.56. The van der Waals surface area contributed by atoms with E-state index in [-0.39, 0.29) is 22.5 Å². The third-order valence-electron chi connectivity index (χ3n) is 2.99. The number of aryl methyl sites for hydroxylation is 1. The van der Waals surface area contributed by atoms with Crippen molar-refractivity contribution in [2.24, 2.45) is 5.92 Å². The second-order valence-electron chi connectivity index (χ2n) is 4.86. The molecule has 2 N–H and O–H groups in total. The van der Waals surface area contributed by atoms with Gasteiger partial charge in [0.1, 0.15) is 6.04 Å². The molecule has 1 unspecified atom stereocenters. The zero-order valence-corrected chi connectivity index (χ0v) is 12.6. The topological polar surface area (TPSA) is 84.3 Å². The minimum absolute atomic E-state index is 0.0402. The van der Waals surface area contributed by atoms with Crippen LogP contribution in [0.1, 0.15) is 19.4 Å². The fourth-order valence-corrected chi connectivity index (χ4v) is 2.05. The van der Waals surface area contributed by atoms with Gasteiger partial charge in [-0.3, -0.25) is 14.9 Å². The normalized spacial score (nSPS) is 12.1. The molecule has 1 rings (SSSR count). The summed E-state index contributed by atoms with van der Waals surface area (Å²) in [5.41, 5.74) is 0.958.